The smallest absolute Gasteiger partial charge is 0.110 e. The van der Waals surface area contributed by atoms with Gasteiger partial charge in [-0.1, -0.05) is 13.8 Å². The summed E-state index contributed by atoms with van der Waals surface area (Å²) in [6, 6.07) is -0.0915. The molecule has 1 aliphatic heterocycles. The van der Waals surface area contributed by atoms with E-state index < -0.39 is 0 Å². The van der Waals surface area contributed by atoms with Gasteiger partial charge in [-0.3, -0.25) is 4.90 Å². The lowest BCUT2D eigenvalue weighted by Gasteiger charge is -2.44. The summed E-state index contributed by atoms with van der Waals surface area (Å²) in [6.07, 6.45) is 2.35. The zero-order valence-corrected chi connectivity index (χ0v) is 9.05. The Labute approximate surface area is 83.0 Å². The third-order valence-corrected chi connectivity index (χ3v) is 3.38. The van der Waals surface area contributed by atoms with Gasteiger partial charge in [-0.05, 0) is 19.8 Å². The summed E-state index contributed by atoms with van der Waals surface area (Å²) in [5, 5.41) is 0. The molecule has 2 nitrogen and oxygen atoms in total. The van der Waals surface area contributed by atoms with Crippen molar-refractivity contribution in [2.75, 3.05) is 19.7 Å². The van der Waals surface area contributed by atoms with Crippen LogP contribution in [0.3, 0.4) is 0 Å². The molecule has 2 radical (unpaired) electrons. The van der Waals surface area contributed by atoms with Crippen molar-refractivity contribution in [2.45, 2.75) is 45.2 Å². The summed E-state index contributed by atoms with van der Waals surface area (Å²) >= 11 is 0. The van der Waals surface area contributed by atoms with Crippen molar-refractivity contribution < 1.29 is 4.74 Å². The predicted octanol–water partition coefficient (Wildman–Crippen LogP) is 1.39. The molecular formula is C10H20BNO. The molecule has 0 aromatic heterocycles. The Balaban J connectivity index is 2.57. The molecule has 1 unspecified atom stereocenters. The first kappa shape index (κ1) is 11.1. The molecule has 0 aromatic rings. The van der Waals surface area contributed by atoms with Crippen LogP contribution >= 0.6 is 0 Å². The summed E-state index contributed by atoms with van der Waals surface area (Å²) in [6.45, 7) is 9.46. The van der Waals surface area contributed by atoms with Crippen molar-refractivity contribution in [2.24, 2.45) is 0 Å². The van der Waals surface area contributed by atoms with Crippen molar-refractivity contribution in [1.82, 2.24) is 4.90 Å². The number of ether oxygens (including phenoxy) is 1. The van der Waals surface area contributed by atoms with Gasteiger partial charge in [-0.25, -0.2) is 0 Å². The highest BCUT2D eigenvalue weighted by Gasteiger charge is 2.30. The van der Waals surface area contributed by atoms with Crippen LogP contribution in [0.25, 0.3) is 0 Å². The number of hydrogen-bond acceptors (Lipinski definition) is 2. The van der Waals surface area contributed by atoms with E-state index in [1.54, 1.807) is 0 Å². The van der Waals surface area contributed by atoms with Gasteiger partial charge in [0, 0.05) is 24.6 Å². The van der Waals surface area contributed by atoms with Crippen LogP contribution in [0.5, 0.6) is 0 Å². The Morgan fingerprint density at radius 1 is 1.46 bits per heavy atom. The summed E-state index contributed by atoms with van der Waals surface area (Å²) in [5.74, 6) is 0. The zero-order chi connectivity index (χ0) is 9.90. The lowest BCUT2D eigenvalue weighted by molar-refractivity contribution is -0.0366. The fourth-order valence-electron chi connectivity index (χ4n) is 1.86. The molecule has 0 bridgehead atoms. The van der Waals surface area contributed by atoms with Gasteiger partial charge in [0.15, 0.2) is 0 Å². The molecule has 1 heterocycles. The third kappa shape index (κ3) is 2.47. The maximum absolute atomic E-state index is 5.77. The Morgan fingerprint density at radius 3 is 2.54 bits per heavy atom. The molecule has 74 valence electrons. The highest BCUT2D eigenvalue weighted by Crippen LogP contribution is 2.24. The minimum absolute atomic E-state index is 0.0915. The first-order valence-corrected chi connectivity index (χ1v) is 5.24. The Morgan fingerprint density at radius 2 is 2.08 bits per heavy atom. The summed E-state index contributed by atoms with van der Waals surface area (Å²) in [7, 11) is 5.77. The van der Waals surface area contributed by atoms with E-state index in [9.17, 15) is 0 Å². The molecule has 1 aliphatic rings. The highest BCUT2D eigenvalue weighted by molar-refractivity contribution is 6.11. The van der Waals surface area contributed by atoms with Gasteiger partial charge in [0.05, 0.1) is 6.61 Å². The van der Waals surface area contributed by atoms with Gasteiger partial charge in [-0.2, -0.15) is 0 Å². The Kier molecular flexibility index (Phi) is 3.80. The van der Waals surface area contributed by atoms with Crippen LogP contribution in [-0.4, -0.2) is 44.0 Å². The largest absolute Gasteiger partial charge is 0.385 e. The average Bonchev–Trinajstić information content (AvgIpc) is 2.17. The van der Waals surface area contributed by atoms with E-state index in [2.05, 4.69) is 25.7 Å². The van der Waals surface area contributed by atoms with E-state index >= 15 is 0 Å². The van der Waals surface area contributed by atoms with Crippen LogP contribution in [0.1, 0.15) is 33.6 Å². The van der Waals surface area contributed by atoms with Crippen molar-refractivity contribution in [1.29, 1.82) is 0 Å². The zero-order valence-electron chi connectivity index (χ0n) is 9.05. The standard InChI is InChI=1S/C10H20BNO/c1-4-10(3,5-2)12-6-7-13-9(11)8-12/h9H,4-8H2,1-3H3. The Bertz CT molecular complexity index is 159. The third-order valence-electron chi connectivity index (χ3n) is 3.38. The number of nitrogens with zero attached hydrogens (tertiary/aromatic N) is 1. The molecule has 3 heteroatoms. The summed E-state index contributed by atoms with van der Waals surface area (Å²) in [4.78, 5) is 2.46. The lowest BCUT2D eigenvalue weighted by atomic mass is 9.89. The number of morpholine rings is 1. The first-order valence-electron chi connectivity index (χ1n) is 5.24. The maximum Gasteiger partial charge on any atom is 0.110 e. The number of rotatable bonds is 3. The van der Waals surface area contributed by atoms with Crippen molar-refractivity contribution >= 4 is 7.85 Å². The van der Waals surface area contributed by atoms with Crippen LogP contribution < -0.4 is 0 Å². The van der Waals surface area contributed by atoms with Gasteiger partial charge in [-0.15, -0.1) is 0 Å². The summed E-state index contributed by atoms with van der Waals surface area (Å²) < 4.78 is 5.33. The number of hydrogen-bond donors (Lipinski definition) is 0. The first-order chi connectivity index (χ1) is 6.12. The van der Waals surface area contributed by atoms with E-state index in [4.69, 9.17) is 12.6 Å². The fraction of sp³-hybridized carbons (Fsp3) is 1.00. The molecule has 0 amide bonds. The van der Waals surface area contributed by atoms with E-state index in [1.165, 1.54) is 12.8 Å². The van der Waals surface area contributed by atoms with Gasteiger partial charge in [0.25, 0.3) is 0 Å². The molecule has 1 rings (SSSR count). The van der Waals surface area contributed by atoms with Gasteiger partial charge < -0.3 is 4.74 Å². The van der Waals surface area contributed by atoms with E-state index in [-0.39, 0.29) is 6.00 Å². The molecule has 13 heavy (non-hydrogen) atoms. The normalized spacial score (nSPS) is 26.2. The Hall–Kier alpha value is -0.0151. The van der Waals surface area contributed by atoms with Crippen LogP contribution in [-0.2, 0) is 4.74 Å². The van der Waals surface area contributed by atoms with Crippen LogP contribution in [0.4, 0.5) is 0 Å². The molecule has 0 saturated carbocycles. The SMILES string of the molecule is [B]C1CN(C(C)(CC)CC)CCO1. The van der Waals surface area contributed by atoms with Gasteiger partial charge in [0.1, 0.15) is 7.85 Å². The average molecular weight is 181 g/mol. The molecule has 0 spiro atoms. The van der Waals surface area contributed by atoms with Crippen molar-refractivity contribution in [3.05, 3.63) is 0 Å². The van der Waals surface area contributed by atoms with Crippen LogP contribution in [0, 0.1) is 0 Å². The van der Waals surface area contributed by atoms with Gasteiger partial charge in [0.2, 0.25) is 0 Å². The second-order valence-corrected chi connectivity index (χ2v) is 4.06. The molecule has 1 saturated heterocycles. The monoisotopic (exact) mass is 181 g/mol. The minimum atomic E-state index is -0.0915. The van der Waals surface area contributed by atoms with Crippen molar-refractivity contribution in [3.8, 4) is 0 Å². The molecule has 0 aliphatic carbocycles. The van der Waals surface area contributed by atoms with Crippen LogP contribution in [0.2, 0.25) is 0 Å². The maximum atomic E-state index is 5.77. The summed E-state index contributed by atoms with van der Waals surface area (Å²) in [5.41, 5.74) is 0.307. The van der Waals surface area contributed by atoms with Gasteiger partial charge >= 0.3 is 0 Å². The highest BCUT2D eigenvalue weighted by atomic mass is 16.5. The van der Waals surface area contributed by atoms with Crippen LogP contribution in [0.15, 0.2) is 0 Å². The molecule has 0 aromatic carbocycles. The molecule has 1 fully saturated rings. The predicted molar refractivity (Wildman–Crippen MR) is 56.1 cm³/mol. The second kappa shape index (κ2) is 4.47. The molecular weight excluding hydrogens is 161 g/mol. The van der Waals surface area contributed by atoms with E-state index in [0.29, 0.717) is 5.54 Å². The fourth-order valence-corrected chi connectivity index (χ4v) is 1.86. The van der Waals surface area contributed by atoms with E-state index in [0.717, 1.165) is 19.7 Å². The van der Waals surface area contributed by atoms with Crippen molar-refractivity contribution in [3.63, 3.8) is 0 Å². The molecule has 1 atom stereocenters. The second-order valence-electron chi connectivity index (χ2n) is 4.06. The molecule has 0 N–H and O–H groups in total. The minimum Gasteiger partial charge on any atom is -0.385 e. The lowest BCUT2D eigenvalue weighted by Crippen LogP contribution is -2.53. The topological polar surface area (TPSA) is 12.5 Å². The van der Waals surface area contributed by atoms with E-state index in [1.807, 2.05) is 0 Å². The quantitative estimate of drug-likeness (QED) is 0.610.